The summed E-state index contributed by atoms with van der Waals surface area (Å²) < 4.78 is 48.3. The van der Waals surface area contributed by atoms with E-state index in [1.165, 1.54) is 13.1 Å². The van der Waals surface area contributed by atoms with Crippen molar-refractivity contribution < 1.29 is 41.8 Å². The molecule has 2 aromatic heterocycles. The van der Waals surface area contributed by atoms with Gasteiger partial charge >= 0.3 is 12.1 Å². The third kappa shape index (κ3) is 11.3. The predicted molar refractivity (Wildman–Crippen MR) is 179 cm³/mol. The van der Waals surface area contributed by atoms with E-state index < -0.39 is 18.1 Å². The first kappa shape index (κ1) is 41.7. The highest BCUT2D eigenvalue weighted by Crippen LogP contribution is 2.62. The molecule has 274 valence electrons. The van der Waals surface area contributed by atoms with Gasteiger partial charge in [-0.15, -0.1) is 6.42 Å². The number of nitriles is 1. The van der Waals surface area contributed by atoms with E-state index in [1.807, 2.05) is 24.8 Å². The van der Waals surface area contributed by atoms with E-state index in [9.17, 15) is 28.0 Å². The summed E-state index contributed by atoms with van der Waals surface area (Å²) in [7, 11) is 1.56. The number of halogens is 3. The molecule has 12 nitrogen and oxygen atoms in total. The monoisotopic (exact) mass is 704 g/mol. The van der Waals surface area contributed by atoms with E-state index in [1.54, 1.807) is 19.5 Å². The van der Waals surface area contributed by atoms with Gasteiger partial charge in [0.15, 0.2) is 0 Å². The number of ether oxygens (including phenoxy) is 3. The van der Waals surface area contributed by atoms with Gasteiger partial charge in [0, 0.05) is 62.0 Å². The summed E-state index contributed by atoms with van der Waals surface area (Å²) in [5.74, 6) is 2.05. The number of alkyl halides is 3. The van der Waals surface area contributed by atoms with E-state index >= 15 is 0 Å². The summed E-state index contributed by atoms with van der Waals surface area (Å²) in [5.41, 5.74) is 5.31. The van der Waals surface area contributed by atoms with Crippen LogP contribution < -0.4 is 15.8 Å². The van der Waals surface area contributed by atoms with Crippen molar-refractivity contribution in [2.45, 2.75) is 78.6 Å². The van der Waals surface area contributed by atoms with Gasteiger partial charge in [0.25, 0.3) is 0 Å². The van der Waals surface area contributed by atoms with Crippen LogP contribution in [0, 0.1) is 40.9 Å². The molecule has 3 aliphatic rings. The van der Waals surface area contributed by atoms with Crippen LogP contribution in [0.5, 0.6) is 5.88 Å². The maximum Gasteiger partial charge on any atom is 0.470 e. The predicted octanol–water partition coefficient (Wildman–Crippen LogP) is 4.46. The summed E-state index contributed by atoms with van der Waals surface area (Å²) in [6, 6.07) is 1.17. The highest BCUT2D eigenvalue weighted by atomic mass is 19.4. The Balaban J connectivity index is 0.000000289. The van der Waals surface area contributed by atoms with Crippen LogP contribution >= 0.6 is 0 Å². The van der Waals surface area contributed by atoms with Crippen LogP contribution in [-0.2, 0) is 23.9 Å². The zero-order valence-electron chi connectivity index (χ0n) is 29.6. The normalized spacial score (nSPS) is 19.2. The number of hydrogen-bond acceptors (Lipinski definition) is 9. The van der Waals surface area contributed by atoms with Crippen molar-refractivity contribution in [3.63, 3.8) is 0 Å². The largest absolute Gasteiger partial charge is 0.474 e. The molecule has 5 rings (SSSR count). The van der Waals surface area contributed by atoms with Gasteiger partial charge in [-0.1, -0.05) is 33.6 Å². The molecule has 2 aliphatic carbocycles. The van der Waals surface area contributed by atoms with Crippen molar-refractivity contribution >= 4 is 28.5 Å². The average Bonchev–Trinajstić information content (AvgIpc) is 3.81. The fourth-order valence-electron chi connectivity index (χ4n) is 5.45. The average molecular weight is 705 g/mol. The molecule has 0 bridgehead atoms. The molecule has 0 spiro atoms. The van der Waals surface area contributed by atoms with Gasteiger partial charge in [-0.25, -0.2) is 4.98 Å². The topological polar surface area (TPSA) is 170 Å². The van der Waals surface area contributed by atoms with E-state index in [2.05, 4.69) is 47.7 Å². The fourth-order valence-corrected chi connectivity index (χ4v) is 5.45. The van der Waals surface area contributed by atoms with Crippen LogP contribution in [0.3, 0.4) is 0 Å². The Kier molecular flexibility index (Phi) is 15.0. The van der Waals surface area contributed by atoms with Crippen molar-refractivity contribution in [1.82, 2.24) is 20.2 Å². The van der Waals surface area contributed by atoms with Crippen molar-refractivity contribution in [2.24, 2.45) is 23.0 Å². The number of methoxy groups -OCH3 is 1. The zero-order valence-corrected chi connectivity index (χ0v) is 29.6. The molecule has 3 N–H and O–H groups in total. The standard InChI is InChI=1S/C17H16N4O3.C14H23NO2.C2H2F3NO.C2H6/c1-4-13-16-12(9-20-17(13)24-6-5-23-3)8-19-10-14(16)15(7-18)21-11(2)22;1-13(2)10-8-15(9-11(10)13)12(16)4-7-17-14(3)5-6-14;3-2(4,5)1(6)7;1-2/h1,8-10,15H,5-6H2,2-3H3,(H,21,22);10-11H,4-9H2,1-3H3;(H2,6,7);1-2H3. The van der Waals surface area contributed by atoms with Crippen LogP contribution in [0.2, 0.25) is 0 Å². The summed E-state index contributed by atoms with van der Waals surface area (Å²) in [4.78, 5) is 42.8. The number of hydrogen-bond donors (Lipinski definition) is 2. The number of rotatable bonds is 10. The second-order valence-electron chi connectivity index (χ2n) is 12.6. The van der Waals surface area contributed by atoms with Gasteiger partial charge in [-0.3, -0.25) is 19.4 Å². The first-order valence-corrected chi connectivity index (χ1v) is 16.3. The molecule has 3 unspecified atom stereocenters. The maximum atomic E-state index is 12.0. The molecular formula is C35H47F3N6O6. The molecule has 1 saturated heterocycles. The Morgan fingerprint density at radius 3 is 2.20 bits per heavy atom. The third-order valence-corrected chi connectivity index (χ3v) is 8.72. The number of piperidine rings is 1. The highest BCUT2D eigenvalue weighted by Gasteiger charge is 2.62. The first-order chi connectivity index (χ1) is 23.5. The number of carbonyl (C=O) groups excluding carboxylic acids is 3. The molecular weight excluding hydrogens is 657 g/mol. The minimum Gasteiger partial charge on any atom is -0.474 e. The minimum absolute atomic E-state index is 0.107. The van der Waals surface area contributed by atoms with Crippen molar-refractivity contribution in [3.8, 4) is 24.3 Å². The Bertz CT molecular complexity index is 1570. The molecule has 0 radical (unpaired) electrons. The molecule has 3 amide bonds. The van der Waals surface area contributed by atoms with Crippen LogP contribution in [0.4, 0.5) is 13.2 Å². The van der Waals surface area contributed by atoms with Gasteiger partial charge in [0.1, 0.15) is 12.6 Å². The van der Waals surface area contributed by atoms with E-state index in [-0.39, 0.29) is 29.9 Å². The quantitative estimate of drug-likeness (QED) is 0.268. The molecule has 3 heterocycles. The number of amides is 3. The lowest BCUT2D eigenvalue weighted by Gasteiger charge is -2.22. The molecule has 0 aromatic carbocycles. The smallest absolute Gasteiger partial charge is 0.470 e. The number of primary amides is 1. The molecule has 1 aliphatic heterocycles. The fraction of sp³-hybridized carbons (Fsp3) is 0.600. The molecule has 2 saturated carbocycles. The highest BCUT2D eigenvalue weighted by molar-refractivity contribution is 5.92. The number of fused-ring (bicyclic) bond motifs is 2. The number of aromatic nitrogens is 2. The lowest BCUT2D eigenvalue weighted by molar-refractivity contribution is -0.169. The number of carbonyl (C=O) groups is 3. The second kappa shape index (κ2) is 18.0. The van der Waals surface area contributed by atoms with Crippen LogP contribution in [-0.4, -0.2) is 84.4 Å². The lowest BCUT2D eigenvalue weighted by atomic mass is 9.99. The van der Waals surface area contributed by atoms with Gasteiger partial charge in [-0.05, 0) is 37.0 Å². The van der Waals surface area contributed by atoms with Gasteiger partial charge < -0.3 is 30.2 Å². The molecule has 15 heteroatoms. The third-order valence-electron chi connectivity index (χ3n) is 8.72. The number of nitrogens with two attached hydrogens (primary N) is 1. The molecule has 3 fully saturated rings. The van der Waals surface area contributed by atoms with Gasteiger partial charge in [-0.2, -0.15) is 18.4 Å². The van der Waals surface area contributed by atoms with Crippen molar-refractivity contribution in [1.29, 1.82) is 5.26 Å². The van der Waals surface area contributed by atoms with E-state index in [0.717, 1.165) is 37.8 Å². The summed E-state index contributed by atoms with van der Waals surface area (Å²) in [6.45, 7) is 15.3. The summed E-state index contributed by atoms with van der Waals surface area (Å²) in [5, 5.41) is 13.2. The van der Waals surface area contributed by atoms with Gasteiger partial charge in [0.05, 0.1) is 36.9 Å². The second-order valence-corrected chi connectivity index (χ2v) is 12.6. The van der Waals surface area contributed by atoms with Crippen molar-refractivity contribution in [2.75, 3.05) is 40.0 Å². The number of nitrogens with zero attached hydrogens (tertiary/aromatic N) is 4. The number of likely N-dealkylation sites (tertiary alicyclic amines) is 1. The van der Waals surface area contributed by atoms with Crippen molar-refractivity contribution in [3.05, 3.63) is 29.7 Å². The van der Waals surface area contributed by atoms with Gasteiger partial charge in [0.2, 0.25) is 17.7 Å². The Morgan fingerprint density at radius 2 is 1.72 bits per heavy atom. The Hall–Kier alpha value is -4.47. The zero-order chi connectivity index (χ0) is 37.9. The number of nitrogens with one attached hydrogen (secondary N) is 1. The maximum absolute atomic E-state index is 12.0. The van der Waals surface area contributed by atoms with Crippen LogP contribution in [0.25, 0.3) is 10.8 Å². The molecule has 3 atom stereocenters. The lowest BCUT2D eigenvalue weighted by Crippen LogP contribution is -2.33. The molecule has 2 aromatic rings. The minimum atomic E-state index is -4.86. The van der Waals surface area contributed by atoms with E-state index in [4.69, 9.17) is 25.4 Å². The Labute approximate surface area is 291 Å². The number of terminal acetylenes is 1. The number of pyridine rings is 2. The molecule has 50 heavy (non-hydrogen) atoms. The summed E-state index contributed by atoms with van der Waals surface area (Å²) in [6.07, 6.45) is 8.32. The Morgan fingerprint density at radius 1 is 1.12 bits per heavy atom. The van der Waals surface area contributed by atoms with Crippen LogP contribution in [0.15, 0.2) is 18.6 Å². The van der Waals surface area contributed by atoms with E-state index in [0.29, 0.717) is 46.9 Å². The first-order valence-electron chi connectivity index (χ1n) is 16.3. The summed E-state index contributed by atoms with van der Waals surface area (Å²) >= 11 is 0. The van der Waals surface area contributed by atoms with Crippen LogP contribution in [0.1, 0.15) is 78.0 Å². The SMILES string of the molecule is C#Cc1c(OCCOC)ncc2cncc(C(C#N)NC(C)=O)c12.CC.CC1(OCCC(=O)N2CC3C(C2)C3(C)C)CC1.NC(=O)C(F)(F)F.